The minimum absolute atomic E-state index is 0.284. The predicted molar refractivity (Wildman–Crippen MR) is 67.0 cm³/mol. The summed E-state index contributed by atoms with van der Waals surface area (Å²) in [5.74, 6) is 0.0288. The van der Waals surface area contributed by atoms with E-state index in [-0.39, 0.29) is 5.91 Å². The summed E-state index contributed by atoms with van der Waals surface area (Å²) in [4.78, 5) is 11.9. The van der Waals surface area contributed by atoms with Crippen LogP contribution in [-0.2, 0) is 0 Å². The molecule has 0 radical (unpaired) electrons. The number of nitrogens with one attached hydrogen (secondary N) is 1. The Hall–Kier alpha value is -2.23. The number of rotatable bonds is 2. The standard InChI is InChI=1S/C13H14N2O2/c1-8-4-3-5-10(14)11(8)15-13(16)12-9(2)6-7-17-12/h3-7H,14H2,1-2H3,(H,15,16). The fourth-order valence-corrected chi connectivity index (χ4v) is 1.64. The van der Waals surface area contributed by atoms with Gasteiger partial charge in [-0.15, -0.1) is 0 Å². The van der Waals surface area contributed by atoms with Gasteiger partial charge in [-0.05, 0) is 31.5 Å². The Labute approximate surface area is 99.4 Å². The van der Waals surface area contributed by atoms with Crippen molar-refractivity contribution in [3.8, 4) is 0 Å². The van der Waals surface area contributed by atoms with Crippen LogP contribution in [0, 0.1) is 13.8 Å². The SMILES string of the molecule is Cc1ccoc1C(=O)Nc1c(C)cccc1N. The van der Waals surface area contributed by atoms with Gasteiger partial charge in [0.15, 0.2) is 5.76 Å². The van der Waals surface area contributed by atoms with Crippen LogP contribution in [0.5, 0.6) is 0 Å². The average molecular weight is 230 g/mol. The lowest BCUT2D eigenvalue weighted by Crippen LogP contribution is -2.14. The largest absolute Gasteiger partial charge is 0.459 e. The van der Waals surface area contributed by atoms with Crippen LogP contribution in [0.1, 0.15) is 21.7 Å². The van der Waals surface area contributed by atoms with E-state index >= 15 is 0 Å². The maximum absolute atomic E-state index is 11.9. The first-order valence-corrected chi connectivity index (χ1v) is 5.30. The van der Waals surface area contributed by atoms with Crippen molar-refractivity contribution in [3.05, 3.63) is 47.4 Å². The molecular formula is C13H14N2O2. The van der Waals surface area contributed by atoms with Crippen LogP contribution in [0.25, 0.3) is 0 Å². The van der Waals surface area contributed by atoms with Gasteiger partial charge in [0.1, 0.15) is 0 Å². The number of hydrogen-bond donors (Lipinski definition) is 2. The van der Waals surface area contributed by atoms with E-state index in [9.17, 15) is 4.79 Å². The van der Waals surface area contributed by atoms with Crippen molar-refractivity contribution >= 4 is 17.3 Å². The number of carbonyl (C=O) groups excluding carboxylic acids is 1. The number of anilines is 2. The molecule has 0 unspecified atom stereocenters. The number of aryl methyl sites for hydroxylation is 2. The number of hydrogen-bond acceptors (Lipinski definition) is 3. The third-order valence-corrected chi connectivity index (χ3v) is 2.61. The van der Waals surface area contributed by atoms with Crippen molar-refractivity contribution in [1.82, 2.24) is 0 Å². The van der Waals surface area contributed by atoms with Gasteiger partial charge in [-0.2, -0.15) is 0 Å². The van der Waals surface area contributed by atoms with Crippen LogP contribution in [0.3, 0.4) is 0 Å². The lowest BCUT2D eigenvalue weighted by Gasteiger charge is -2.10. The van der Waals surface area contributed by atoms with Crippen molar-refractivity contribution in [2.75, 3.05) is 11.1 Å². The van der Waals surface area contributed by atoms with E-state index in [2.05, 4.69) is 5.32 Å². The van der Waals surface area contributed by atoms with Gasteiger partial charge >= 0.3 is 0 Å². The van der Waals surface area contributed by atoms with E-state index in [1.807, 2.05) is 26.0 Å². The van der Waals surface area contributed by atoms with Gasteiger partial charge in [0, 0.05) is 5.56 Å². The summed E-state index contributed by atoms with van der Waals surface area (Å²) >= 11 is 0. The van der Waals surface area contributed by atoms with Gasteiger partial charge in [-0.25, -0.2) is 0 Å². The average Bonchev–Trinajstić information content (AvgIpc) is 2.70. The zero-order valence-electron chi connectivity index (χ0n) is 9.78. The predicted octanol–water partition coefficient (Wildman–Crippen LogP) is 2.73. The van der Waals surface area contributed by atoms with Crippen LogP contribution in [0.15, 0.2) is 34.9 Å². The minimum atomic E-state index is -0.284. The second-order valence-corrected chi connectivity index (χ2v) is 3.93. The first kappa shape index (κ1) is 11.3. The molecule has 0 aliphatic rings. The van der Waals surface area contributed by atoms with Crippen LogP contribution in [0.4, 0.5) is 11.4 Å². The third kappa shape index (κ3) is 2.15. The molecular weight excluding hydrogens is 216 g/mol. The number of carbonyl (C=O) groups is 1. The maximum atomic E-state index is 11.9. The molecule has 0 aliphatic heterocycles. The molecule has 0 aliphatic carbocycles. The quantitative estimate of drug-likeness (QED) is 0.779. The van der Waals surface area contributed by atoms with E-state index in [0.717, 1.165) is 11.1 Å². The van der Waals surface area contributed by atoms with Gasteiger partial charge in [0.2, 0.25) is 0 Å². The Morgan fingerprint density at radius 3 is 2.59 bits per heavy atom. The first-order chi connectivity index (χ1) is 8.09. The number of furan rings is 1. The molecule has 2 rings (SSSR count). The molecule has 1 aromatic heterocycles. The molecule has 1 amide bonds. The number of para-hydroxylation sites is 1. The number of nitrogen functional groups attached to an aromatic ring is 1. The molecule has 1 heterocycles. The zero-order valence-corrected chi connectivity index (χ0v) is 9.78. The van der Waals surface area contributed by atoms with Gasteiger partial charge in [0.05, 0.1) is 17.6 Å². The van der Waals surface area contributed by atoms with Crippen LogP contribution in [0.2, 0.25) is 0 Å². The molecule has 0 fully saturated rings. The minimum Gasteiger partial charge on any atom is -0.459 e. The summed E-state index contributed by atoms with van der Waals surface area (Å²) in [6.07, 6.45) is 1.49. The van der Waals surface area contributed by atoms with E-state index in [0.29, 0.717) is 17.1 Å². The Morgan fingerprint density at radius 1 is 1.24 bits per heavy atom. The van der Waals surface area contributed by atoms with Gasteiger partial charge < -0.3 is 15.5 Å². The maximum Gasteiger partial charge on any atom is 0.291 e. The molecule has 0 spiro atoms. The first-order valence-electron chi connectivity index (χ1n) is 5.30. The van der Waals surface area contributed by atoms with Gasteiger partial charge in [-0.1, -0.05) is 12.1 Å². The molecule has 4 nitrogen and oxygen atoms in total. The Morgan fingerprint density at radius 2 is 2.00 bits per heavy atom. The van der Waals surface area contributed by atoms with Crippen molar-refractivity contribution in [2.45, 2.75) is 13.8 Å². The molecule has 0 saturated carbocycles. The van der Waals surface area contributed by atoms with E-state index < -0.39 is 0 Å². The van der Waals surface area contributed by atoms with E-state index in [4.69, 9.17) is 10.2 Å². The van der Waals surface area contributed by atoms with Crippen LogP contribution < -0.4 is 11.1 Å². The zero-order chi connectivity index (χ0) is 12.4. The highest BCUT2D eigenvalue weighted by atomic mass is 16.3. The van der Waals surface area contributed by atoms with Crippen LogP contribution >= 0.6 is 0 Å². The molecule has 1 aromatic carbocycles. The highest BCUT2D eigenvalue weighted by Gasteiger charge is 2.14. The number of amides is 1. The summed E-state index contributed by atoms with van der Waals surface area (Å²) in [5, 5.41) is 2.76. The monoisotopic (exact) mass is 230 g/mol. The summed E-state index contributed by atoms with van der Waals surface area (Å²) in [6, 6.07) is 7.23. The Kier molecular flexibility index (Phi) is 2.87. The Balaban J connectivity index is 2.28. The van der Waals surface area contributed by atoms with E-state index in [1.54, 1.807) is 12.1 Å². The molecule has 4 heteroatoms. The van der Waals surface area contributed by atoms with Crippen LogP contribution in [-0.4, -0.2) is 5.91 Å². The van der Waals surface area contributed by atoms with Crippen molar-refractivity contribution in [1.29, 1.82) is 0 Å². The topological polar surface area (TPSA) is 68.3 Å². The van der Waals surface area contributed by atoms with Gasteiger partial charge in [0.25, 0.3) is 5.91 Å². The number of nitrogens with two attached hydrogens (primary N) is 1. The Bertz CT molecular complexity index is 538. The number of benzene rings is 1. The molecule has 3 N–H and O–H groups in total. The molecule has 0 saturated heterocycles. The second-order valence-electron chi connectivity index (χ2n) is 3.93. The molecule has 0 bridgehead atoms. The summed E-state index contributed by atoms with van der Waals surface area (Å²) in [6.45, 7) is 3.71. The molecule has 88 valence electrons. The highest BCUT2D eigenvalue weighted by molar-refractivity contribution is 6.05. The fraction of sp³-hybridized carbons (Fsp3) is 0.154. The summed E-state index contributed by atoms with van der Waals surface area (Å²) in [7, 11) is 0. The summed E-state index contributed by atoms with van der Waals surface area (Å²) < 4.78 is 5.13. The molecule has 17 heavy (non-hydrogen) atoms. The molecule has 2 aromatic rings. The van der Waals surface area contributed by atoms with Gasteiger partial charge in [-0.3, -0.25) is 4.79 Å². The van der Waals surface area contributed by atoms with E-state index in [1.165, 1.54) is 6.26 Å². The van der Waals surface area contributed by atoms with Crippen molar-refractivity contribution in [3.63, 3.8) is 0 Å². The molecule has 0 atom stereocenters. The summed E-state index contributed by atoms with van der Waals surface area (Å²) in [5.41, 5.74) is 8.71. The highest BCUT2D eigenvalue weighted by Crippen LogP contribution is 2.23. The lowest BCUT2D eigenvalue weighted by atomic mass is 10.1. The fourth-order valence-electron chi connectivity index (χ4n) is 1.64. The normalized spacial score (nSPS) is 10.2. The lowest BCUT2D eigenvalue weighted by molar-refractivity contribution is 0.0996. The second kappa shape index (κ2) is 4.33. The smallest absolute Gasteiger partial charge is 0.291 e. The van der Waals surface area contributed by atoms with Crippen molar-refractivity contribution in [2.24, 2.45) is 0 Å². The van der Waals surface area contributed by atoms with Crippen molar-refractivity contribution < 1.29 is 9.21 Å². The third-order valence-electron chi connectivity index (χ3n) is 2.61.